The smallest absolute Gasteiger partial charge is 0.264 e. The Morgan fingerprint density at radius 1 is 1.42 bits per heavy atom. The molecule has 3 rings (SSSR count). The van der Waals surface area contributed by atoms with Gasteiger partial charge in [-0.1, -0.05) is 0 Å². The number of ether oxygens (including phenoxy) is 1. The minimum Gasteiger partial charge on any atom is -0.379 e. The van der Waals surface area contributed by atoms with E-state index in [9.17, 15) is 4.79 Å². The van der Waals surface area contributed by atoms with E-state index >= 15 is 0 Å². The van der Waals surface area contributed by atoms with Gasteiger partial charge in [0.05, 0.1) is 11.5 Å². The number of fused-ring (bicyclic) bond motifs is 2. The monoisotopic (exact) mass is 280 g/mol. The Morgan fingerprint density at radius 2 is 2.26 bits per heavy atom. The lowest BCUT2D eigenvalue weighted by Crippen LogP contribution is -2.42. The number of methoxy groups -OCH3 is 1. The van der Waals surface area contributed by atoms with Crippen LogP contribution in [0.25, 0.3) is 0 Å². The lowest BCUT2D eigenvalue weighted by atomic mass is 10.1. The van der Waals surface area contributed by atoms with Crippen molar-refractivity contribution in [3.8, 4) is 0 Å². The fourth-order valence-corrected chi connectivity index (χ4v) is 4.08. The van der Waals surface area contributed by atoms with Crippen LogP contribution in [0.1, 0.15) is 33.8 Å². The third-order valence-corrected chi connectivity index (χ3v) is 5.09. The molecule has 1 aromatic rings. The molecule has 5 heteroatoms. The van der Waals surface area contributed by atoms with E-state index in [4.69, 9.17) is 4.74 Å². The largest absolute Gasteiger partial charge is 0.379 e. The summed E-state index contributed by atoms with van der Waals surface area (Å²) >= 11 is 1.56. The molecule has 2 fully saturated rings. The summed E-state index contributed by atoms with van der Waals surface area (Å²) in [7, 11) is 1.68. The minimum atomic E-state index is 0.212. The number of hydrogen-bond acceptors (Lipinski definition) is 4. The van der Waals surface area contributed by atoms with Crippen LogP contribution in [0.15, 0.2) is 12.1 Å². The molecule has 1 aromatic heterocycles. The number of carbonyl (C=O) groups is 1. The summed E-state index contributed by atoms with van der Waals surface area (Å²) in [5.41, 5.74) is 0. The van der Waals surface area contributed by atoms with Gasteiger partial charge in [0.25, 0.3) is 5.91 Å². The molecule has 2 bridgehead atoms. The number of thiophene rings is 1. The highest BCUT2D eigenvalue weighted by molar-refractivity contribution is 7.14. The van der Waals surface area contributed by atoms with E-state index in [-0.39, 0.29) is 5.91 Å². The fraction of sp³-hybridized carbons (Fsp3) is 0.643. The van der Waals surface area contributed by atoms with Crippen LogP contribution in [-0.4, -0.2) is 43.1 Å². The Labute approximate surface area is 117 Å². The van der Waals surface area contributed by atoms with Gasteiger partial charge in [0, 0.05) is 30.6 Å². The Morgan fingerprint density at radius 3 is 3.11 bits per heavy atom. The van der Waals surface area contributed by atoms with Crippen molar-refractivity contribution in [2.75, 3.05) is 20.2 Å². The van der Waals surface area contributed by atoms with E-state index in [1.165, 1.54) is 0 Å². The van der Waals surface area contributed by atoms with Crippen LogP contribution in [0.5, 0.6) is 0 Å². The number of carbonyl (C=O) groups excluding carboxylic acids is 1. The van der Waals surface area contributed by atoms with Crippen molar-refractivity contribution >= 4 is 17.2 Å². The normalized spacial score (nSPS) is 26.5. The maximum Gasteiger partial charge on any atom is 0.264 e. The summed E-state index contributed by atoms with van der Waals surface area (Å²) in [6.45, 7) is 2.56. The van der Waals surface area contributed by atoms with Crippen LogP contribution in [0.4, 0.5) is 0 Å². The summed E-state index contributed by atoms with van der Waals surface area (Å²) in [5, 5.41) is 3.43. The molecule has 2 aliphatic rings. The zero-order valence-corrected chi connectivity index (χ0v) is 12.0. The van der Waals surface area contributed by atoms with Gasteiger partial charge in [0.15, 0.2) is 0 Å². The second-order valence-corrected chi connectivity index (χ2v) is 6.46. The molecule has 4 nitrogen and oxygen atoms in total. The highest BCUT2D eigenvalue weighted by atomic mass is 32.1. The highest BCUT2D eigenvalue weighted by Gasteiger charge is 2.38. The van der Waals surface area contributed by atoms with Gasteiger partial charge in [0.1, 0.15) is 0 Å². The van der Waals surface area contributed by atoms with Crippen molar-refractivity contribution in [1.29, 1.82) is 0 Å². The average molecular weight is 280 g/mol. The van der Waals surface area contributed by atoms with Gasteiger partial charge in [-0.25, -0.2) is 0 Å². The SMILES string of the molecule is COCc1ccc(C(=O)N2[C@H]3CCNC[C@@H]2CC3)s1. The van der Waals surface area contributed by atoms with Gasteiger partial charge in [-0.3, -0.25) is 4.79 Å². The number of rotatable bonds is 3. The van der Waals surface area contributed by atoms with Gasteiger partial charge in [-0.2, -0.15) is 0 Å². The van der Waals surface area contributed by atoms with Crippen LogP contribution < -0.4 is 5.32 Å². The van der Waals surface area contributed by atoms with Crippen molar-refractivity contribution in [3.63, 3.8) is 0 Å². The predicted octanol–water partition coefficient (Wildman–Crippen LogP) is 1.86. The van der Waals surface area contributed by atoms with Gasteiger partial charge in [-0.15, -0.1) is 11.3 Å². The topological polar surface area (TPSA) is 41.6 Å². The molecule has 0 radical (unpaired) electrons. The minimum absolute atomic E-state index is 0.212. The summed E-state index contributed by atoms with van der Waals surface area (Å²) in [6.07, 6.45) is 3.38. The quantitative estimate of drug-likeness (QED) is 0.919. The first-order valence-corrected chi connectivity index (χ1v) is 7.72. The number of amides is 1. The van der Waals surface area contributed by atoms with Gasteiger partial charge < -0.3 is 15.0 Å². The molecular formula is C14H20N2O2S. The fourth-order valence-electron chi connectivity index (χ4n) is 3.15. The van der Waals surface area contributed by atoms with Crippen molar-refractivity contribution in [2.45, 2.75) is 38.0 Å². The van der Waals surface area contributed by atoms with Crippen LogP contribution in [0.2, 0.25) is 0 Å². The molecule has 0 aromatic carbocycles. The standard InChI is InChI=1S/C14H20N2O2S/c1-18-9-12-4-5-13(19-12)14(17)16-10-2-3-11(16)8-15-7-6-10/h4-5,10-11,15H,2-3,6-9H2,1H3/t10-,11+/m1/s1. The van der Waals surface area contributed by atoms with Crippen molar-refractivity contribution in [1.82, 2.24) is 10.2 Å². The van der Waals surface area contributed by atoms with Crippen LogP contribution in [0, 0.1) is 0 Å². The third kappa shape index (κ3) is 2.55. The maximum atomic E-state index is 12.7. The molecule has 2 saturated heterocycles. The van der Waals surface area contributed by atoms with E-state index in [0.717, 1.165) is 42.1 Å². The average Bonchev–Trinajstić information content (AvgIpc) is 2.93. The molecule has 3 heterocycles. The van der Waals surface area contributed by atoms with E-state index in [2.05, 4.69) is 10.2 Å². The molecule has 1 N–H and O–H groups in total. The number of hydrogen-bond donors (Lipinski definition) is 1. The number of nitrogens with one attached hydrogen (secondary N) is 1. The predicted molar refractivity (Wildman–Crippen MR) is 75.5 cm³/mol. The molecule has 0 aliphatic carbocycles. The highest BCUT2D eigenvalue weighted by Crippen LogP contribution is 2.31. The van der Waals surface area contributed by atoms with Gasteiger partial charge >= 0.3 is 0 Å². The van der Waals surface area contributed by atoms with Gasteiger partial charge in [0.2, 0.25) is 0 Å². The summed E-state index contributed by atoms with van der Waals surface area (Å²) in [6, 6.07) is 4.76. The van der Waals surface area contributed by atoms with Crippen molar-refractivity contribution < 1.29 is 9.53 Å². The molecule has 0 spiro atoms. The zero-order chi connectivity index (χ0) is 13.2. The first-order valence-electron chi connectivity index (χ1n) is 6.90. The zero-order valence-electron chi connectivity index (χ0n) is 11.2. The lowest BCUT2D eigenvalue weighted by Gasteiger charge is -2.27. The molecule has 2 aliphatic heterocycles. The maximum absolute atomic E-state index is 12.7. The Balaban J connectivity index is 1.78. The number of nitrogens with zero attached hydrogens (tertiary/aromatic N) is 1. The van der Waals surface area contributed by atoms with Gasteiger partial charge in [-0.05, 0) is 37.9 Å². The van der Waals surface area contributed by atoms with E-state index < -0.39 is 0 Å². The second kappa shape index (κ2) is 5.61. The lowest BCUT2D eigenvalue weighted by molar-refractivity contribution is 0.0685. The van der Waals surface area contributed by atoms with Crippen molar-refractivity contribution in [2.24, 2.45) is 0 Å². The van der Waals surface area contributed by atoms with Crippen LogP contribution in [0.3, 0.4) is 0 Å². The molecular weight excluding hydrogens is 260 g/mol. The Kier molecular flexibility index (Phi) is 3.86. The summed E-state index contributed by atoms with van der Waals surface area (Å²) < 4.78 is 5.12. The molecule has 1 amide bonds. The first-order chi connectivity index (χ1) is 9.29. The molecule has 2 atom stereocenters. The van der Waals surface area contributed by atoms with E-state index in [1.807, 2.05) is 12.1 Å². The third-order valence-electron chi connectivity index (χ3n) is 4.05. The van der Waals surface area contributed by atoms with Crippen molar-refractivity contribution in [3.05, 3.63) is 21.9 Å². The van der Waals surface area contributed by atoms with E-state index in [0.29, 0.717) is 18.7 Å². The molecule has 0 unspecified atom stereocenters. The Hall–Kier alpha value is -0.910. The summed E-state index contributed by atoms with van der Waals surface area (Å²) in [4.78, 5) is 16.8. The second-order valence-electron chi connectivity index (χ2n) is 5.29. The Bertz CT molecular complexity index is 446. The molecule has 0 saturated carbocycles. The van der Waals surface area contributed by atoms with Crippen LogP contribution >= 0.6 is 11.3 Å². The van der Waals surface area contributed by atoms with E-state index in [1.54, 1.807) is 18.4 Å². The summed E-state index contributed by atoms with van der Waals surface area (Å²) in [5.74, 6) is 0.212. The first kappa shape index (κ1) is 13.1. The van der Waals surface area contributed by atoms with Crippen LogP contribution in [-0.2, 0) is 11.3 Å². The molecule has 19 heavy (non-hydrogen) atoms. The molecule has 104 valence electrons.